The lowest BCUT2D eigenvalue weighted by Crippen LogP contribution is -2.35. The minimum Gasteiger partial charge on any atom is -0.494 e. The first-order valence-corrected chi connectivity index (χ1v) is 8.79. The summed E-state index contributed by atoms with van der Waals surface area (Å²) >= 11 is 6.26. The number of methoxy groups -OCH3 is 1. The first kappa shape index (κ1) is 16.7. The van der Waals surface area contributed by atoms with Gasteiger partial charge in [-0.25, -0.2) is 4.68 Å². The molecule has 26 heavy (non-hydrogen) atoms. The molecule has 0 atom stereocenters. The maximum Gasteiger partial charge on any atom is 0.257 e. The molecule has 6 heteroatoms. The minimum atomic E-state index is -0.0308. The predicted octanol–water partition coefficient (Wildman–Crippen LogP) is 3.73. The van der Waals surface area contributed by atoms with Gasteiger partial charge in [0.05, 0.1) is 18.9 Å². The van der Waals surface area contributed by atoms with Crippen LogP contribution < -0.4 is 4.74 Å². The fraction of sp³-hybridized carbons (Fsp3) is 0.200. The third kappa shape index (κ3) is 2.95. The molecule has 0 saturated heterocycles. The first-order chi connectivity index (χ1) is 12.7. The summed E-state index contributed by atoms with van der Waals surface area (Å²) in [6.45, 7) is 1.21. The average Bonchev–Trinajstić information content (AvgIpc) is 3.17. The molecule has 2 heterocycles. The van der Waals surface area contributed by atoms with Gasteiger partial charge in [-0.1, -0.05) is 35.9 Å². The summed E-state index contributed by atoms with van der Waals surface area (Å²) in [4.78, 5) is 14.7. The van der Waals surface area contributed by atoms with Crippen molar-refractivity contribution in [2.45, 2.75) is 13.0 Å². The van der Waals surface area contributed by atoms with Gasteiger partial charge in [0, 0.05) is 24.3 Å². The number of rotatable bonds is 3. The SMILES string of the molecule is COc1ccccc1-n1cc(C(=O)N2CCc3c(Cl)cccc3C2)cn1. The number of para-hydroxylation sites is 2. The standard InChI is InChI=1S/C20H18ClN3O2/c1-26-19-8-3-2-7-18(19)24-13-15(11-22-24)20(25)23-10-9-16-14(12-23)5-4-6-17(16)21/h2-8,11,13H,9-10,12H2,1H3. The van der Waals surface area contributed by atoms with Crippen molar-refractivity contribution in [3.05, 3.63) is 76.6 Å². The molecular formula is C20H18ClN3O2. The van der Waals surface area contributed by atoms with E-state index in [0.29, 0.717) is 24.4 Å². The highest BCUT2D eigenvalue weighted by atomic mass is 35.5. The number of fused-ring (bicyclic) bond motifs is 1. The minimum absolute atomic E-state index is 0.0308. The number of carbonyl (C=O) groups excluding carboxylic acids is 1. The zero-order valence-corrected chi connectivity index (χ0v) is 15.1. The molecule has 3 aromatic rings. The van der Waals surface area contributed by atoms with Crippen molar-refractivity contribution in [2.75, 3.05) is 13.7 Å². The average molecular weight is 368 g/mol. The Morgan fingerprint density at radius 3 is 2.88 bits per heavy atom. The molecule has 0 spiro atoms. The van der Waals surface area contributed by atoms with Gasteiger partial charge in [-0.15, -0.1) is 0 Å². The number of aromatic nitrogens is 2. The van der Waals surface area contributed by atoms with Gasteiger partial charge in [0.1, 0.15) is 11.4 Å². The van der Waals surface area contributed by atoms with Crippen molar-refractivity contribution >= 4 is 17.5 Å². The topological polar surface area (TPSA) is 47.4 Å². The summed E-state index contributed by atoms with van der Waals surface area (Å²) in [5.74, 6) is 0.674. The van der Waals surface area contributed by atoms with Crippen molar-refractivity contribution in [1.82, 2.24) is 14.7 Å². The van der Waals surface area contributed by atoms with Crippen LogP contribution in [0.5, 0.6) is 5.75 Å². The molecule has 1 amide bonds. The fourth-order valence-electron chi connectivity index (χ4n) is 3.30. The van der Waals surface area contributed by atoms with Gasteiger partial charge in [-0.2, -0.15) is 5.10 Å². The molecule has 0 bridgehead atoms. The van der Waals surface area contributed by atoms with E-state index in [-0.39, 0.29) is 5.91 Å². The van der Waals surface area contributed by atoms with E-state index in [9.17, 15) is 4.79 Å². The van der Waals surface area contributed by atoms with Crippen LogP contribution in [0.25, 0.3) is 5.69 Å². The molecule has 4 rings (SSSR count). The molecule has 5 nitrogen and oxygen atoms in total. The van der Waals surface area contributed by atoms with Crippen LogP contribution in [0.3, 0.4) is 0 Å². The number of amides is 1. The predicted molar refractivity (Wildman–Crippen MR) is 100 cm³/mol. The molecule has 2 aromatic carbocycles. The Bertz CT molecular complexity index is 967. The lowest BCUT2D eigenvalue weighted by atomic mass is 9.99. The van der Waals surface area contributed by atoms with Crippen molar-refractivity contribution in [3.63, 3.8) is 0 Å². The van der Waals surface area contributed by atoms with Crippen molar-refractivity contribution < 1.29 is 9.53 Å². The van der Waals surface area contributed by atoms with Gasteiger partial charge < -0.3 is 9.64 Å². The molecule has 132 valence electrons. The largest absolute Gasteiger partial charge is 0.494 e. The summed E-state index contributed by atoms with van der Waals surface area (Å²) in [7, 11) is 1.62. The number of nitrogens with zero attached hydrogens (tertiary/aromatic N) is 3. The second kappa shape index (κ2) is 6.84. The van der Waals surface area contributed by atoms with Crippen LogP contribution >= 0.6 is 11.6 Å². The number of benzene rings is 2. The molecule has 0 N–H and O–H groups in total. The summed E-state index contributed by atoms with van der Waals surface area (Å²) in [6.07, 6.45) is 4.11. The number of hydrogen-bond acceptors (Lipinski definition) is 3. The maximum absolute atomic E-state index is 12.9. The van der Waals surface area contributed by atoms with Crippen molar-refractivity contribution in [1.29, 1.82) is 0 Å². The molecular weight excluding hydrogens is 350 g/mol. The van der Waals surface area contributed by atoms with E-state index in [1.165, 1.54) is 0 Å². The number of ether oxygens (including phenoxy) is 1. The molecule has 0 saturated carbocycles. The lowest BCUT2D eigenvalue weighted by Gasteiger charge is -2.29. The smallest absolute Gasteiger partial charge is 0.257 e. The Labute approximate surface area is 156 Å². The van der Waals surface area contributed by atoms with Gasteiger partial charge >= 0.3 is 0 Å². The first-order valence-electron chi connectivity index (χ1n) is 8.41. The molecule has 0 aliphatic carbocycles. The Hall–Kier alpha value is -2.79. The maximum atomic E-state index is 12.9. The third-order valence-corrected chi connectivity index (χ3v) is 5.01. The van der Waals surface area contributed by atoms with Gasteiger partial charge in [-0.3, -0.25) is 4.79 Å². The molecule has 0 unspecified atom stereocenters. The monoisotopic (exact) mass is 367 g/mol. The van der Waals surface area contributed by atoms with Gasteiger partial charge in [0.25, 0.3) is 5.91 Å². The number of hydrogen-bond donors (Lipinski definition) is 0. The quantitative estimate of drug-likeness (QED) is 0.708. The third-order valence-electron chi connectivity index (χ3n) is 4.66. The van der Waals surface area contributed by atoms with Gasteiger partial charge in [-0.05, 0) is 35.7 Å². The van der Waals surface area contributed by atoms with E-state index >= 15 is 0 Å². The Balaban J connectivity index is 1.58. The molecule has 1 aliphatic heterocycles. The summed E-state index contributed by atoms with van der Waals surface area (Å²) in [5, 5.41) is 5.11. The van der Waals surface area contributed by atoms with E-state index in [4.69, 9.17) is 16.3 Å². The number of carbonyl (C=O) groups is 1. The van der Waals surface area contributed by atoms with Crippen LogP contribution in [0, 0.1) is 0 Å². The van der Waals surface area contributed by atoms with Crippen molar-refractivity contribution in [3.8, 4) is 11.4 Å². The molecule has 1 aromatic heterocycles. The Kier molecular flexibility index (Phi) is 4.39. The lowest BCUT2D eigenvalue weighted by molar-refractivity contribution is 0.0734. The number of halogens is 1. The molecule has 0 fully saturated rings. The second-order valence-corrected chi connectivity index (χ2v) is 6.61. The van der Waals surface area contributed by atoms with Crippen LogP contribution in [0.15, 0.2) is 54.9 Å². The highest BCUT2D eigenvalue weighted by Gasteiger charge is 2.24. The molecule has 1 aliphatic rings. The van der Waals surface area contributed by atoms with Crippen LogP contribution in [0.4, 0.5) is 0 Å². The van der Waals surface area contributed by atoms with Crippen LogP contribution in [0.1, 0.15) is 21.5 Å². The van der Waals surface area contributed by atoms with Gasteiger partial charge in [0.15, 0.2) is 0 Å². The second-order valence-electron chi connectivity index (χ2n) is 6.20. The zero-order valence-electron chi connectivity index (χ0n) is 14.4. The molecule has 0 radical (unpaired) electrons. The summed E-state index contributed by atoms with van der Waals surface area (Å²) < 4.78 is 7.03. The van der Waals surface area contributed by atoms with Crippen LogP contribution in [0.2, 0.25) is 5.02 Å². The van der Waals surface area contributed by atoms with E-state index < -0.39 is 0 Å². The van der Waals surface area contributed by atoms with Crippen LogP contribution in [-0.2, 0) is 13.0 Å². The van der Waals surface area contributed by atoms with Gasteiger partial charge in [0.2, 0.25) is 0 Å². The highest BCUT2D eigenvalue weighted by molar-refractivity contribution is 6.31. The Morgan fingerprint density at radius 1 is 1.19 bits per heavy atom. The summed E-state index contributed by atoms with van der Waals surface area (Å²) in [6, 6.07) is 13.4. The normalized spacial score (nSPS) is 13.4. The van der Waals surface area contributed by atoms with E-state index in [1.807, 2.05) is 47.4 Å². The zero-order chi connectivity index (χ0) is 18.1. The highest BCUT2D eigenvalue weighted by Crippen LogP contribution is 2.27. The van der Waals surface area contributed by atoms with Crippen LogP contribution in [-0.4, -0.2) is 34.2 Å². The van der Waals surface area contributed by atoms with E-state index in [0.717, 1.165) is 28.3 Å². The van der Waals surface area contributed by atoms with Crippen molar-refractivity contribution in [2.24, 2.45) is 0 Å². The summed E-state index contributed by atoms with van der Waals surface area (Å²) in [5.41, 5.74) is 3.60. The van der Waals surface area contributed by atoms with E-state index in [1.54, 1.807) is 24.2 Å². The Morgan fingerprint density at radius 2 is 2.04 bits per heavy atom. The fourth-order valence-corrected chi connectivity index (χ4v) is 3.59. The van der Waals surface area contributed by atoms with E-state index in [2.05, 4.69) is 5.10 Å².